The van der Waals surface area contributed by atoms with Crippen molar-refractivity contribution in [2.24, 2.45) is 16.8 Å². The number of hydrogen-bond acceptors (Lipinski definition) is 4. The molecule has 1 saturated heterocycles. The van der Waals surface area contributed by atoms with Crippen LogP contribution in [-0.4, -0.2) is 53.7 Å². The summed E-state index contributed by atoms with van der Waals surface area (Å²) in [7, 11) is -3.41. The van der Waals surface area contributed by atoms with Crippen LogP contribution in [0.2, 0.25) is 0 Å². The van der Waals surface area contributed by atoms with Crippen LogP contribution in [-0.2, 0) is 10.2 Å². The summed E-state index contributed by atoms with van der Waals surface area (Å²) < 4.78 is 28.5. The van der Waals surface area contributed by atoms with Gasteiger partial charge < -0.3 is 10.9 Å². The van der Waals surface area contributed by atoms with Gasteiger partial charge in [0.1, 0.15) is 5.84 Å². The van der Waals surface area contributed by atoms with Crippen molar-refractivity contribution in [3.63, 3.8) is 0 Å². The second kappa shape index (κ2) is 6.28. The summed E-state index contributed by atoms with van der Waals surface area (Å²) in [6.07, 6.45) is 3.89. The van der Waals surface area contributed by atoms with E-state index in [4.69, 9.17) is 10.9 Å². The molecule has 0 spiro atoms. The summed E-state index contributed by atoms with van der Waals surface area (Å²) in [6, 6.07) is 0.0887. The zero-order valence-corrected chi connectivity index (χ0v) is 12.7. The molecule has 1 saturated carbocycles. The molecule has 0 radical (unpaired) electrons. The lowest BCUT2D eigenvalue weighted by Crippen LogP contribution is -2.48. The maximum absolute atomic E-state index is 12.7. The summed E-state index contributed by atoms with van der Waals surface area (Å²) >= 11 is 0. The van der Waals surface area contributed by atoms with Gasteiger partial charge in [0.15, 0.2) is 0 Å². The number of hydrogen-bond donors (Lipinski definition) is 2. The summed E-state index contributed by atoms with van der Waals surface area (Å²) in [4.78, 5) is 0. The first-order valence-corrected chi connectivity index (χ1v) is 8.58. The van der Waals surface area contributed by atoms with Gasteiger partial charge in [-0.3, -0.25) is 0 Å². The van der Waals surface area contributed by atoms with Gasteiger partial charge in [0.05, 0.1) is 0 Å². The average Bonchev–Trinajstić information content (AvgIpc) is 3.23. The molecule has 0 aromatic carbocycles. The molecule has 0 unspecified atom stereocenters. The number of piperidine rings is 1. The van der Waals surface area contributed by atoms with Gasteiger partial charge in [-0.05, 0) is 31.6 Å². The molecule has 8 heteroatoms. The van der Waals surface area contributed by atoms with Gasteiger partial charge in [-0.25, -0.2) is 0 Å². The Balaban J connectivity index is 2.03. The zero-order chi connectivity index (χ0) is 14.8. The van der Waals surface area contributed by atoms with Crippen LogP contribution in [0, 0.1) is 5.92 Å². The first kappa shape index (κ1) is 15.5. The van der Waals surface area contributed by atoms with Gasteiger partial charge in [-0.2, -0.15) is 17.0 Å². The first-order chi connectivity index (χ1) is 9.45. The van der Waals surface area contributed by atoms with Crippen LogP contribution < -0.4 is 5.73 Å². The Labute approximate surface area is 120 Å². The molecule has 7 nitrogen and oxygen atoms in total. The third kappa shape index (κ3) is 3.62. The van der Waals surface area contributed by atoms with Crippen molar-refractivity contribution >= 4 is 16.0 Å². The minimum atomic E-state index is -3.41. The monoisotopic (exact) mass is 304 g/mol. The van der Waals surface area contributed by atoms with Crippen LogP contribution in [0.4, 0.5) is 0 Å². The van der Waals surface area contributed by atoms with Crippen LogP contribution in [0.15, 0.2) is 5.16 Å². The van der Waals surface area contributed by atoms with Gasteiger partial charge in [-0.1, -0.05) is 12.1 Å². The summed E-state index contributed by atoms with van der Waals surface area (Å²) in [5.74, 6) is 0.658. The number of nitrogens with zero attached hydrogens (tertiary/aromatic N) is 3. The second-order valence-electron chi connectivity index (χ2n) is 5.77. The predicted molar refractivity (Wildman–Crippen MR) is 76.6 cm³/mol. The van der Waals surface area contributed by atoms with E-state index < -0.39 is 10.2 Å². The fraction of sp³-hybridized carbons (Fsp3) is 0.917. The van der Waals surface area contributed by atoms with Crippen LogP contribution in [0.5, 0.6) is 0 Å². The Morgan fingerprint density at radius 1 is 1.35 bits per heavy atom. The van der Waals surface area contributed by atoms with E-state index in [0.29, 0.717) is 19.0 Å². The lowest BCUT2D eigenvalue weighted by Gasteiger charge is -2.34. The highest BCUT2D eigenvalue weighted by atomic mass is 32.2. The molecule has 1 aliphatic heterocycles. The molecule has 0 atom stereocenters. The predicted octanol–water partition coefficient (Wildman–Crippen LogP) is 0.564. The van der Waals surface area contributed by atoms with E-state index in [1.807, 2.05) is 0 Å². The van der Waals surface area contributed by atoms with Crippen molar-refractivity contribution < 1.29 is 13.6 Å². The highest BCUT2D eigenvalue weighted by molar-refractivity contribution is 7.86. The summed E-state index contributed by atoms with van der Waals surface area (Å²) in [5.41, 5.74) is 5.45. The SMILES string of the molecule is CC1CCN(S(=O)(=O)N(CCC(N)=NO)C2CC2)CC1. The molecular formula is C12H24N4O3S. The van der Waals surface area contributed by atoms with Gasteiger partial charge in [-0.15, -0.1) is 0 Å². The van der Waals surface area contributed by atoms with Crippen LogP contribution in [0.3, 0.4) is 0 Å². The van der Waals surface area contributed by atoms with Crippen LogP contribution in [0.25, 0.3) is 0 Å². The largest absolute Gasteiger partial charge is 0.409 e. The highest BCUT2D eigenvalue weighted by Crippen LogP contribution is 2.32. The molecule has 116 valence electrons. The molecule has 1 heterocycles. The highest BCUT2D eigenvalue weighted by Gasteiger charge is 2.40. The molecule has 2 fully saturated rings. The van der Waals surface area contributed by atoms with E-state index in [2.05, 4.69) is 12.1 Å². The smallest absolute Gasteiger partial charge is 0.282 e. The van der Waals surface area contributed by atoms with Gasteiger partial charge in [0.2, 0.25) is 0 Å². The molecule has 0 aromatic rings. The molecule has 3 N–H and O–H groups in total. The lowest BCUT2D eigenvalue weighted by atomic mass is 10.0. The normalized spacial score (nSPS) is 23.4. The van der Waals surface area contributed by atoms with E-state index in [1.165, 1.54) is 4.31 Å². The molecule has 0 aromatic heterocycles. The minimum absolute atomic E-state index is 0.0677. The van der Waals surface area contributed by atoms with E-state index in [-0.39, 0.29) is 24.8 Å². The number of rotatable bonds is 6. The fourth-order valence-corrected chi connectivity index (χ4v) is 4.37. The third-order valence-electron chi connectivity index (χ3n) is 4.04. The maximum atomic E-state index is 12.7. The quantitative estimate of drug-likeness (QED) is 0.324. The number of oxime groups is 1. The lowest BCUT2D eigenvalue weighted by molar-refractivity contribution is 0.262. The third-order valence-corrected chi connectivity index (χ3v) is 6.13. The molecule has 20 heavy (non-hydrogen) atoms. The van der Waals surface area contributed by atoms with Gasteiger partial charge in [0, 0.05) is 32.1 Å². The summed E-state index contributed by atoms with van der Waals surface area (Å²) in [5, 5.41) is 11.5. The maximum Gasteiger partial charge on any atom is 0.282 e. The van der Waals surface area contributed by atoms with Crippen LogP contribution >= 0.6 is 0 Å². The molecule has 2 aliphatic rings. The topological polar surface area (TPSA) is 99.2 Å². The van der Waals surface area contributed by atoms with Crippen LogP contribution in [0.1, 0.15) is 39.0 Å². The Morgan fingerprint density at radius 3 is 2.45 bits per heavy atom. The standard InChI is InChI=1S/C12H24N4O3S/c1-10-4-7-15(8-5-10)20(18,19)16(11-2-3-11)9-6-12(13)14-17/h10-11,17H,2-9H2,1H3,(H2,13,14). The Hall–Kier alpha value is -0.860. The minimum Gasteiger partial charge on any atom is -0.409 e. The van der Waals surface area contributed by atoms with Crippen molar-refractivity contribution in [3.8, 4) is 0 Å². The Kier molecular flexibility index (Phi) is 4.87. The molecule has 0 amide bonds. The molecule has 0 bridgehead atoms. The summed E-state index contributed by atoms with van der Waals surface area (Å²) in [6.45, 7) is 3.63. The second-order valence-corrected chi connectivity index (χ2v) is 7.65. The average molecular weight is 304 g/mol. The van der Waals surface area contributed by atoms with E-state index in [0.717, 1.165) is 25.7 Å². The van der Waals surface area contributed by atoms with Crippen molar-refractivity contribution in [3.05, 3.63) is 0 Å². The fourth-order valence-electron chi connectivity index (χ4n) is 2.49. The van der Waals surface area contributed by atoms with Crippen molar-refractivity contribution in [1.82, 2.24) is 8.61 Å². The van der Waals surface area contributed by atoms with Gasteiger partial charge in [0.25, 0.3) is 10.2 Å². The Bertz CT molecular complexity index is 453. The molecular weight excluding hydrogens is 280 g/mol. The van der Waals surface area contributed by atoms with Crippen molar-refractivity contribution in [2.45, 2.75) is 45.1 Å². The number of nitrogens with two attached hydrogens (primary N) is 1. The van der Waals surface area contributed by atoms with E-state index >= 15 is 0 Å². The van der Waals surface area contributed by atoms with E-state index in [9.17, 15) is 8.42 Å². The molecule has 2 rings (SSSR count). The van der Waals surface area contributed by atoms with Gasteiger partial charge >= 0.3 is 0 Å². The number of amidine groups is 1. The van der Waals surface area contributed by atoms with E-state index in [1.54, 1.807) is 4.31 Å². The molecule has 1 aliphatic carbocycles. The first-order valence-electron chi connectivity index (χ1n) is 7.18. The van der Waals surface area contributed by atoms with Crippen molar-refractivity contribution in [2.75, 3.05) is 19.6 Å². The van der Waals surface area contributed by atoms with Crippen molar-refractivity contribution in [1.29, 1.82) is 0 Å². The zero-order valence-electron chi connectivity index (χ0n) is 11.9. The Morgan fingerprint density at radius 2 is 1.95 bits per heavy atom.